The van der Waals surface area contributed by atoms with Gasteiger partial charge in [0, 0.05) is 12.7 Å². The summed E-state index contributed by atoms with van der Waals surface area (Å²) in [5.74, 6) is 0.831. The van der Waals surface area contributed by atoms with Gasteiger partial charge < -0.3 is 14.8 Å². The summed E-state index contributed by atoms with van der Waals surface area (Å²) in [6.45, 7) is 0.275. The van der Waals surface area contributed by atoms with Crippen LogP contribution in [0.1, 0.15) is 5.56 Å². The largest absolute Gasteiger partial charge is 0.489 e. The Morgan fingerprint density at radius 2 is 1.31 bits per heavy atom. The molecule has 0 aliphatic rings. The molecule has 4 aromatic carbocycles. The van der Waals surface area contributed by atoms with E-state index in [9.17, 15) is 13.2 Å². The maximum atomic E-state index is 12.8. The maximum Gasteiger partial charge on any atom is 0.264 e. The summed E-state index contributed by atoms with van der Waals surface area (Å²) in [5.41, 5.74) is 2.17. The van der Waals surface area contributed by atoms with Crippen LogP contribution in [0.25, 0.3) is 0 Å². The molecular formula is C28H26N2O5S. The highest BCUT2D eigenvalue weighted by Crippen LogP contribution is 2.24. The first-order chi connectivity index (χ1) is 17.4. The number of nitrogens with one attached hydrogen (secondary N) is 1. The van der Waals surface area contributed by atoms with Crippen molar-refractivity contribution in [2.75, 3.05) is 23.3 Å². The predicted molar refractivity (Wildman–Crippen MR) is 140 cm³/mol. The first-order valence-corrected chi connectivity index (χ1v) is 12.7. The summed E-state index contributed by atoms with van der Waals surface area (Å²) in [4.78, 5) is 12.5. The number of carbonyl (C=O) groups is 1. The van der Waals surface area contributed by atoms with Crippen molar-refractivity contribution in [1.82, 2.24) is 0 Å². The fourth-order valence-electron chi connectivity index (χ4n) is 3.36. The van der Waals surface area contributed by atoms with Gasteiger partial charge in [0.1, 0.15) is 18.1 Å². The third-order valence-corrected chi connectivity index (χ3v) is 7.16. The van der Waals surface area contributed by atoms with Gasteiger partial charge in [-0.15, -0.1) is 0 Å². The van der Waals surface area contributed by atoms with Gasteiger partial charge in [-0.1, -0.05) is 48.5 Å². The number of rotatable bonds is 10. The molecule has 0 aliphatic carbocycles. The molecule has 0 atom stereocenters. The van der Waals surface area contributed by atoms with E-state index in [-0.39, 0.29) is 17.4 Å². The SMILES string of the molecule is CN(c1ccc(OCC(=O)Nc2ccc(OCc3ccccc3)cc2)cc1)S(=O)(=O)c1ccccc1. The van der Waals surface area contributed by atoms with E-state index in [1.54, 1.807) is 78.9 Å². The van der Waals surface area contributed by atoms with E-state index in [0.717, 1.165) is 5.56 Å². The molecule has 1 N–H and O–H groups in total. The van der Waals surface area contributed by atoms with Gasteiger partial charge in [0.2, 0.25) is 0 Å². The van der Waals surface area contributed by atoms with Crippen molar-refractivity contribution >= 4 is 27.3 Å². The second-order valence-electron chi connectivity index (χ2n) is 7.91. The molecule has 0 bridgehead atoms. The molecule has 0 aromatic heterocycles. The molecular weight excluding hydrogens is 476 g/mol. The Hall–Kier alpha value is -4.30. The number of benzene rings is 4. The number of ether oxygens (including phenoxy) is 2. The highest BCUT2D eigenvalue weighted by atomic mass is 32.2. The minimum absolute atomic E-state index is 0.191. The van der Waals surface area contributed by atoms with Crippen molar-refractivity contribution in [1.29, 1.82) is 0 Å². The van der Waals surface area contributed by atoms with Crippen LogP contribution in [0.2, 0.25) is 0 Å². The minimum Gasteiger partial charge on any atom is -0.489 e. The van der Waals surface area contributed by atoms with Crippen molar-refractivity contribution in [2.24, 2.45) is 0 Å². The van der Waals surface area contributed by atoms with E-state index < -0.39 is 10.0 Å². The number of carbonyl (C=O) groups excluding carboxylic acids is 1. The van der Waals surface area contributed by atoms with Crippen molar-refractivity contribution < 1.29 is 22.7 Å². The summed E-state index contributed by atoms with van der Waals surface area (Å²) in [6.07, 6.45) is 0. The summed E-state index contributed by atoms with van der Waals surface area (Å²) in [7, 11) is -2.18. The second kappa shape index (κ2) is 11.4. The lowest BCUT2D eigenvalue weighted by Gasteiger charge is -2.19. The van der Waals surface area contributed by atoms with E-state index in [1.165, 1.54) is 11.4 Å². The Morgan fingerprint density at radius 1 is 0.750 bits per heavy atom. The van der Waals surface area contributed by atoms with Crippen LogP contribution in [0.4, 0.5) is 11.4 Å². The molecule has 0 saturated carbocycles. The van der Waals surface area contributed by atoms with Gasteiger partial charge in [-0.05, 0) is 66.2 Å². The predicted octanol–water partition coefficient (Wildman–Crippen LogP) is 5.11. The molecule has 0 unspecified atom stereocenters. The van der Waals surface area contributed by atoms with E-state index >= 15 is 0 Å². The lowest BCUT2D eigenvalue weighted by atomic mass is 10.2. The first-order valence-electron chi connectivity index (χ1n) is 11.3. The van der Waals surface area contributed by atoms with Gasteiger partial charge in [0.05, 0.1) is 10.6 Å². The van der Waals surface area contributed by atoms with Crippen LogP contribution in [0.15, 0.2) is 114 Å². The molecule has 184 valence electrons. The number of amides is 1. The summed E-state index contributed by atoms with van der Waals surface area (Å²) < 4.78 is 38.0. The van der Waals surface area contributed by atoms with Gasteiger partial charge in [0.15, 0.2) is 6.61 Å². The number of hydrogen-bond acceptors (Lipinski definition) is 5. The normalized spacial score (nSPS) is 10.9. The zero-order chi connectivity index (χ0) is 25.4. The van der Waals surface area contributed by atoms with Crippen LogP contribution in [-0.4, -0.2) is 28.0 Å². The van der Waals surface area contributed by atoms with Crippen molar-refractivity contribution in [3.05, 3.63) is 115 Å². The Balaban J connectivity index is 1.26. The Labute approximate surface area is 211 Å². The third-order valence-electron chi connectivity index (χ3n) is 5.36. The Morgan fingerprint density at radius 3 is 1.94 bits per heavy atom. The zero-order valence-corrected chi connectivity index (χ0v) is 20.5. The summed E-state index contributed by atoms with van der Waals surface area (Å²) in [6, 6.07) is 31.7. The molecule has 36 heavy (non-hydrogen) atoms. The topological polar surface area (TPSA) is 84.9 Å². The monoisotopic (exact) mass is 502 g/mol. The molecule has 0 spiro atoms. The van der Waals surface area contributed by atoms with Gasteiger partial charge in [-0.25, -0.2) is 8.42 Å². The van der Waals surface area contributed by atoms with E-state index in [1.807, 2.05) is 30.3 Å². The van der Waals surface area contributed by atoms with Gasteiger partial charge >= 0.3 is 0 Å². The molecule has 4 aromatic rings. The highest BCUT2D eigenvalue weighted by Gasteiger charge is 2.20. The van der Waals surface area contributed by atoms with Crippen molar-refractivity contribution in [2.45, 2.75) is 11.5 Å². The lowest BCUT2D eigenvalue weighted by molar-refractivity contribution is -0.118. The third kappa shape index (κ3) is 6.43. The first kappa shape index (κ1) is 24.8. The molecule has 8 heteroatoms. The van der Waals surface area contributed by atoms with Crippen LogP contribution in [0.5, 0.6) is 11.5 Å². The smallest absolute Gasteiger partial charge is 0.264 e. The maximum absolute atomic E-state index is 12.8. The average Bonchev–Trinajstić information content (AvgIpc) is 2.92. The van der Waals surface area contributed by atoms with Crippen LogP contribution < -0.4 is 19.1 Å². The van der Waals surface area contributed by atoms with Crippen molar-refractivity contribution in [3.8, 4) is 11.5 Å². The molecule has 7 nitrogen and oxygen atoms in total. The van der Waals surface area contributed by atoms with Gasteiger partial charge in [-0.3, -0.25) is 9.10 Å². The Bertz CT molecular complexity index is 1380. The zero-order valence-electron chi connectivity index (χ0n) is 19.7. The van der Waals surface area contributed by atoms with Crippen LogP contribution in [-0.2, 0) is 21.4 Å². The average molecular weight is 503 g/mol. The van der Waals surface area contributed by atoms with Crippen LogP contribution in [0, 0.1) is 0 Å². The quantitative estimate of drug-likeness (QED) is 0.326. The number of hydrogen-bond donors (Lipinski definition) is 1. The summed E-state index contributed by atoms with van der Waals surface area (Å²) >= 11 is 0. The molecule has 1 amide bonds. The Kier molecular flexibility index (Phi) is 7.87. The molecule has 0 radical (unpaired) electrons. The fourth-order valence-corrected chi connectivity index (χ4v) is 4.58. The molecule has 0 aliphatic heterocycles. The second-order valence-corrected chi connectivity index (χ2v) is 9.88. The van der Waals surface area contributed by atoms with Crippen LogP contribution in [0.3, 0.4) is 0 Å². The molecule has 0 heterocycles. The number of sulfonamides is 1. The number of nitrogens with zero attached hydrogens (tertiary/aromatic N) is 1. The van der Waals surface area contributed by atoms with Crippen molar-refractivity contribution in [3.63, 3.8) is 0 Å². The standard InChI is InChI=1S/C28H26N2O5S/c1-30(36(32,33)27-10-6-3-7-11-27)24-14-18-26(19-15-24)35-21-28(31)29-23-12-16-25(17-13-23)34-20-22-8-4-2-5-9-22/h2-19H,20-21H2,1H3,(H,29,31). The van der Waals surface area contributed by atoms with E-state index in [0.29, 0.717) is 29.5 Å². The highest BCUT2D eigenvalue weighted by molar-refractivity contribution is 7.92. The fraction of sp³-hybridized carbons (Fsp3) is 0.107. The van der Waals surface area contributed by atoms with Gasteiger partial charge in [0.25, 0.3) is 15.9 Å². The molecule has 0 fully saturated rings. The minimum atomic E-state index is -3.67. The number of anilines is 2. The van der Waals surface area contributed by atoms with E-state index in [2.05, 4.69) is 5.32 Å². The van der Waals surface area contributed by atoms with E-state index in [4.69, 9.17) is 9.47 Å². The molecule has 4 rings (SSSR count). The van der Waals surface area contributed by atoms with Gasteiger partial charge in [-0.2, -0.15) is 0 Å². The summed E-state index contributed by atoms with van der Waals surface area (Å²) in [5, 5.41) is 2.77. The molecule has 0 saturated heterocycles. The lowest BCUT2D eigenvalue weighted by Crippen LogP contribution is -2.26. The van der Waals surface area contributed by atoms with Crippen LogP contribution >= 0.6 is 0 Å².